The third-order valence-electron chi connectivity index (χ3n) is 8.39. The van der Waals surface area contributed by atoms with E-state index in [1.54, 1.807) is 24.3 Å². The lowest BCUT2D eigenvalue weighted by Crippen LogP contribution is -2.45. The molecule has 2 atom stereocenters. The molecule has 5 rings (SSSR count). The van der Waals surface area contributed by atoms with Gasteiger partial charge in [-0.1, -0.05) is 80.3 Å². The van der Waals surface area contributed by atoms with Crippen LogP contribution in [0, 0.1) is 5.92 Å². The predicted octanol–water partition coefficient (Wildman–Crippen LogP) is 5.04. The summed E-state index contributed by atoms with van der Waals surface area (Å²) in [5.74, 6) is -0.406. The molecule has 2 saturated carbocycles. The lowest BCUT2D eigenvalue weighted by molar-refractivity contribution is -0.162. The van der Waals surface area contributed by atoms with Crippen LogP contribution < -0.4 is 5.32 Å². The molecule has 0 aromatic heterocycles. The zero-order valence-corrected chi connectivity index (χ0v) is 21.4. The molecule has 6 heteroatoms. The van der Waals surface area contributed by atoms with Gasteiger partial charge >= 0.3 is 5.97 Å². The van der Waals surface area contributed by atoms with E-state index in [0.29, 0.717) is 30.8 Å². The Morgan fingerprint density at radius 3 is 2.16 bits per heavy atom. The van der Waals surface area contributed by atoms with Crippen LogP contribution in [0.5, 0.6) is 0 Å². The molecule has 1 heterocycles. The minimum atomic E-state index is -0.552. The molecule has 37 heavy (non-hydrogen) atoms. The minimum absolute atomic E-state index is 0.0818. The fourth-order valence-electron chi connectivity index (χ4n) is 6.13. The third-order valence-corrected chi connectivity index (χ3v) is 8.39. The van der Waals surface area contributed by atoms with Gasteiger partial charge in [0.1, 0.15) is 6.10 Å². The van der Waals surface area contributed by atoms with Crippen molar-refractivity contribution in [2.24, 2.45) is 5.92 Å². The summed E-state index contributed by atoms with van der Waals surface area (Å²) in [7, 11) is 0. The number of rotatable bonds is 9. The SMILES string of the molecule is C=C1CC(OC(=O)C2(c3ccccc3)CCCCCC2)C1CCNCCN1C(=O)c2ccccc2C1=O. The number of nitrogens with zero attached hydrogens (tertiary/aromatic N) is 1. The lowest BCUT2D eigenvalue weighted by atomic mass is 9.72. The van der Waals surface area contributed by atoms with Gasteiger partial charge in [0.25, 0.3) is 11.8 Å². The molecule has 0 spiro atoms. The molecule has 2 aromatic carbocycles. The summed E-state index contributed by atoms with van der Waals surface area (Å²) in [6, 6.07) is 17.1. The van der Waals surface area contributed by atoms with E-state index < -0.39 is 5.41 Å². The van der Waals surface area contributed by atoms with Crippen LogP contribution in [0.15, 0.2) is 66.7 Å². The summed E-state index contributed by atoms with van der Waals surface area (Å²) in [5.41, 5.74) is 2.60. The maximum atomic E-state index is 13.7. The van der Waals surface area contributed by atoms with Crippen LogP contribution in [-0.2, 0) is 14.9 Å². The van der Waals surface area contributed by atoms with E-state index in [9.17, 15) is 14.4 Å². The van der Waals surface area contributed by atoms with E-state index in [0.717, 1.165) is 62.5 Å². The first-order valence-corrected chi connectivity index (χ1v) is 13.6. The van der Waals surface area contributed by atoms with Crippen molar-refractivity contribution in [1.29, 1.82) is 0 Å². The minimum Gasteiger partial charge on any atom is -0.461 e. The second kappa shape index (κ2) is 11.0. The molecule has 1 N–H and O–H groups in total. The number of esters is 1. The van der Waals surface area contributed by atoms with Crippen molar-refractivity contribution in [2.45, 2.75) is 62.9 Å². The number of carbonyl (C=O) groups is 3. The molecule has 2 amide bonds. The molecule has 194 valence electrons. The van der Waals surface area contributed by atoms with Crippen LogP contribution in [0.4, 0.5) is 0 Å². The van der Waals surface area contributed by atoms with E-state index in [1.165, 1.54) is 4.90 Å². The Bertz CT molecular complexity index is 1130. The lowest BCUT2D eigenvalue weighted by Gasteiger charge is -2.41. The largest absolute Gasteiger partial charge is 0.461 e. The van der Waals surface area contributed by atoms with Gasteiger partial charge in [0.2, 0.25) is 0 Å². The Labute approximate surface area is 219 Å². The summed E-state index contributed by atoms with van der Waals surface area (Å²) >= 11 is 0. The quantitative estimate of drug-likeness (QED) is 0.172. The molecular weight excluding hydrogens is 464 g/mol. The number of hydrogen-bond donors (Lipinski definition) is 1. The fraction of sp³-hybridized carbons (Fsp3) is 0.452. The predicted molar refractivity (Wildman–Crippen MR) is 142 cm³/mol. The first-order valence-electron chi connectivity index (χ1n) is 13.6. The number of carbonyl (C=O) groups excluding carboxylic acids is 3. The topological polar surface area (TPSA) is 75.7 Å². The molecule has 2 fully saturated rings. The number of imide groups is 1. The van der Waals surface area contributed by atoms with E-state index in [-0.39, 0.29) is 29.8 Å². The van der Waals surface area contributed by atoms with Gasteiger partial charge in [-0.3, -0.25) is 19.3 Å². The van der Waals surface area contributed by atoms with Crippen molar-refractivity contribution >= 4 is 17.8 Å². The molecule has 0 saturated heterocycles. The molecule has 1 aliphatic heterocycles. The molecular formula is C31H36N2O4. The average molecular weight is 501 g/mol. The Balaban J connectivity index is 1.13. The maximum Gasteiger partial charge on any atom is 0.316 e. The van der Waals surface area contributed by atoms with Gasteiger partial charge < -0.3 is 10.1 Å². The summed E-state index contributed by atoms with van der Waals surface area (Å²) in [5, 5.41) is 3.35. The molecule has 6 nitrogen and oxygen atoms in total. The Kier molecular flexibility index (Phi) is 7.56. The van der Waals surface area contributed by atoms with E-state index in [1.807, 2.05) is 18.2 Å². The van der Waals surface area contributed by atoms with E-state index in [4.69, 9.17) is 4.74 Å². The van der Waals surface area contributed by atoms with E-state index in [2.05, 4.69) is 24.0 Å². The van der Waals surface area contributed by atoms with Crippen LogP contribution in [0.3, 0.4) is 0 Å². The zero-order chi connectivity index (χ0) is 25.8. The van der Waals surface area contributed by atoms with E-state index >= 15 is 0 Å². The number of hydrogen-bond acceptors (Lipinski definition) is 5. The van der Waals surface area contributed by atoms with Crippen LogP contribution in [0.25, 0.3) is 0 Å². The monoisotopic (exact) mass is 500 g/mol. The smallest absolute Gasteiger partial charge is 0.316 e. The van der Waals surface area contributed by atoms with Gasteiger partial charge in [0, 0.05) is 25.4 Å². The highest BCUT2D eigenvalue weighted by atomic mass is 16.5. The fourth-order valence-corrected chi connectivity index (χ4v) is 6.13. The first-order chi connectivity index (χ1) is 18.0. The second-order valence-corrected chi connectivity index (χ2v) is 10.6. The van der Waals surface area contributed by atoms with Crippen LogP contribution in [0.2, 0.25) is 0 Å². The zero-order valence-electron chi connectivity index (χ0n) is 21.4. The van der Waals surface area contributed by atoms with Gasteiger partial charge in [-0.25, -0.2) is 0 Å². The van der Waals surface area contributed by atoms with Crippen molar-refractivity contribution in [3.05, 3.63) is 83.4 Å². The molecule has 3 aliphatic rings. The normalized spacial score (nSPS) is 22.8. The van der Waals surface area contributed by atoms with Gasteiger partial charge in [0.05, 0.1) is 16.5 Å². The van der Waals surface area contributed by atoms with Crippen molar-refractivity contribution < 1.29 is 19.1 Å². The molecule has 2 unspecified atom stereocenters. The number of ether oxygens (including phenoxy) is 1. The standard InChI is InChI=1S/C31H36N2O4/c1-22-21-27(37-30(36)31(16-9-2-3-10-17-31)23-11-5-4-6-12-23)24(22)15-18-32-19-20-33-28(34)25-13-7-8-14-26(25)29(33)35/h4-8,11-14,24,27,32H,1-3,9-10,15-21H2. The molecule has 0 radical (unpaired) electrons. The second-order valence-electron chi connectivity index (χ2n) is 10.6. The van der Waals surface area contributed by atoms with Gasteiger partial charge in [-0.05, 0) is 43.5 Å². The Hall–Kier alpha value is -3.25. The summed E-state index contributed by atoms with van der Waals surface area (Å²) in [4.78, 5) is 40.0. The summed E-state index contributed by atoms with van der Waals surface area (Å²) < 4.78 is 6.20. The van der Waals surface area contributed by atoms with Gasteiger partial charge in [-0.2, -0.15) is 0 Å². The van der Waals surface area contributed by atoms with Gasteiger partial charge in [0.15, 0.2) is 0 Å². The van der Waals surface area contributed by atoms with Crippen molar-refractivity contribution in [3.8, 4) is 0 Å². The first kappa shape index (κ1) is 25.4. The maximum absolute atomic E-state index is 13.7. The van der Waals surface area contributed by atoms with Crippen LogP contribution in [0.1, 0.15) is 77.6 Å². The highest BCUT2D eigenvalue weighted by Gasteiger charge is 2.45. The van der Waals surface area contributed by atoms with Crippen molar-refractivity contribution in [3.63, 3.8) is 0 Å². The summed E-state index contributed by atoms with van der Waals surface area (Å²) in [6.45, 7) is 5.74. The number of fused-ring (bicyclic) bond motifs is 1. The van der Waals surface area contributed by atoms with Gasteiger partial charge in [-0.15, -0.1) is 0 Å². The molecule has 0 bridgehead atoms. The third kappa shape index (κ3) is 4.99. The highest BCUT2D eigenvalue weighted by molar-refractivity contribution is 6.21. The number of nitrogens with one attached hydrogen (secondary N) is 1. The number of amides is 2. The Morgan fingerprint density at radius 1 is 0.919 bits per heavy atom. The average Bonchev–Trinajstić information content (AvgIpc) is 3.08. The summed E-state index contributed by atoms with van der Waals surface area (Å²) in [6.07, 6.45) is 7.48. The molecule has 2 aromatic rings. The van der Waals surface area contributed by atoms with Crippen LogP contribution >= 0.6 is 0 Å². The highest BCUT2D eigenvalue weighted by Crippen LogP contribution is 2.43. The van der Waals surface area contributed by atoms with Crippen LogP contribution in [-0.4, -0.2) is 48.4 Å². The van der Waals surface area contributed by atoms with Crippen molar-refractivity contribution in [1.82, 2.24) is 10.2 Å². The Morgan fingerprint density at radius 2 is 1.54 bits per heavy atom. The number of benzene rings is 2. The van der Waals surface area contributed by atoms with Crippen molar-refractivity contribution in [2.75, 3.05) is 19.6 Å². The molecule has 2 aliphatic carbocycles.